The van der Waals surface area contributed by atoms with Crippen molar-refractivity contribution in [3.05, 3.63) is 70.2 Å². The number of nitrogens with zero attached hydrogens (tertiary/aromatic N) is 1. The average molecular weight is 362 g/mol. The second kappa shape index (κ2) is 8.53. The molecule has 0 bridgehead atoms. The van der Waals surface area contributed by atoms with Crippen molar-refractivity contribution in [2.45, 2.75) is 13.0 Å². The number of amides is 1. The number of esters is 1. The van der Waals surface area contributed by atoms with E-state index in [4.69, 9.17) is 21.1 Å². The van der Waals surface area contributed by atoms with Crippen molar-refractivity contribution < 1.29 is 19.1 Å². The molecular weight excluding hydrogens is 342 g/mol. The fourth-order valence-electron chi connectivity index (χ4n) is 2.74. The summed E-state index contributed by atoms with van der Waals surface area (Å²) in [5.41, 5.74) is 1.87. The Bertz CT molecular complexity index is 745. The summed E-state index contributed by atoms with van der Waals surface area (Å²) in [5, 5.41) is 0.588. The van der Waals surface area contributed by atoms with E-state index in [1.165, 1.54) is 14.2 Å². The van der Waals surface area contributed by atoms with Gasteiger partial charge in [0.15, 0.2) is 0 Å². The van der Waals surface area contributed by atoms with E-state index in [0.717, 1.165) is 5.56 Å². The Morgan fingerprint density at radius 3 is 2.24 bits per heavy atom. The summed E-state index contributed by atoms with van der Waals surface area (Å²) in [6, 6.07) is 13.7. The van der Waals surface area contributed by atoms with Crippen molar-refractivity contribution in [3.63, 3.8) is 0 Å². The molecule has 2 aromatic rings. The zero-order chi connectivity index (χ0) is 18.4. The van der Waals surface area contributed by atoms with Crippen LogP contribution >= 0.6 is 11.6 Å². The van der Waals surface area contributed by atoms with Gasteiger partial charge in [0.05, 0.1) is 25.8 Å². The number of carbonyl (C=O) groups excluding carboxylic acids is 2. The number of hydrogen-bond acceptors (Lipinski definition) is 4. The van der Waals surface area contributed by atoms with Gasteiger partial charge in [-0.05, 0) is 36.2 Å². The summed E-state index contributed by atoms with van der Waals surface area (Å²) in [5.74, 6) is -0.463. The Kier molecular flexibility index (Phi) is 6.42. The molecule has 0 radical (unpaired) electrons. The standard InChI is InChI=1S/C19H20ClNO4/c1-4-21(19(23)25-3)17(13-9-11-14(20)12-10-13)15-7-5-6-8-16(15)18(22)24-2/h5-12,17H,4H2,1-3H3. The number of carbonyl (C=O) groups is 2. The topological polar surface area (TPSA) is 55.8 Å². The molecule has 0 saturated heterocycles. The van der Waals surface area contributed by atoms with Crippen LogP contribution in [0.2, 0.25) is 5.02 Å². The van der Waals surface area contributed by atoms with Crippen molar-refractivity contribution in [1.82, 2.24) is 4.90 Å². The normalized spacial score (nSPS) is 11.5. The molecule has 2 aromatic carbocycles. The van der Waals surface area contributed by atoms with Gasteiger partial charge in [0, 0.05) is 11.6 Å². The molecular formula is C19H20ClNO4. The lowest BCUT2D eigenvalue weighted by molar-refractivity contribution is 0.0595. The van der Waals surface area contributed by atoms with Gasteiger partial charge in [-0.25, -0.2) is 9.59 Å². The maximum atomic E-state index is 12.3. The lowest BCUT2D eigenvalue weighted by atomic mass is 9.93. The van der Waals surface area contributed by atoms with Gasteiger partial charge < -0.3 is 9.47 Å². The van der Waals surface area contributed by atoms with Crippen LogP contribution in [0.5, 0.6) is 0 Å². The number of ether oxygens (including phenoxy) is 2. The molecule has 1 amide bonds. The van der Waals surface area contributed by atoms with Gasteiger partial charge in [0.1, 0.15) is 0 Å². The first-order valence-electron chi connectivity index (χ1n) is 7.80. The highest BCUT2D eigenvalue weighted by atomic mass is 35.5. The van der Waals surface area contributed by atoms with Gasteiger partial charge in [-0.1, -0.05) is 41.9 Å². The van der Waals surface area contributed by atoms with Gasteiger partial charge in [0.25, 0.3) is 0 Å². The molecule has 5 nitrogen and oxygen atoms in total. The van der Waals surface area contributed by atoms with Crippen LogP contribution in [0.15, 0.2) is 48.5 Å². The number of methoxy groups -OCH3 is 2. The summed E-state index contributed by atoms with van der Waals surface area (Å²) in [7, 11) is 2.66. The van der Waals surface area contributed by atoms with Crippen LogP contribution < -0.4 is 0 Å². The van der Waals surface area contributed by atoms with Gasteiger partial charge in [-0.3, -0.25) is 4.90 Å². The van der Waals surface area contributed by atoms with E-state index in [-0.39, 0.29) is 0 Å². The second-order valence-corrected chi connectivity index (χ2v) is 5.73. The minimum absolute atomic E-state index is 0.396. The zero-order valence-electron chi connectivity index (χ0n) is 14.4. The summed E-state index contributed by atoms with van der Waals surface area (Å²) in [6.07, 6.45) is -0.484. The zero-order valence-corrected chi connectivity index (χ0v) is 15.1. The van der Waals surface area contributed by atoms with Gasteiger partial charge in [-0.2, -0.15) is 0 Å². The van der Waals surface area contributed by atoms with E-state index >= 15 is 0 Å². The molecule has 0 spiro atoms. The number of halogens is 1. The summed E-state index contributed by atoms with van der Waals surface area (Å²) in [4.78, 5) is 26.1. The molecule has 1 atom stereocenters. The Labute approximate surface area is 152 Å². The third-order valence-electron chi connectivity index (χ3n) is 3.91. The molecule has 0 heterocycles. The SMILES string of the molecule is CCN(C(=O)OC)C(c1ccc(Cl)cc1)c1ccccc1C(=O)OC. The predicted octanol–water partition coefficient (Wildman–Crippen LogP) is 4.30. The molecule has 6 heteroatoms. The van der Waals surface area contributed by atoms with Crippen molar-refractivity contribution >= 4 is 23.7 Å². The van der Waals surface area contributed by atoms with Crippen LogP contribution in [0.4, 0.5) is 4.79 Å². The number of rotatable bonds is 5. The Morgan fingerprint density at radius 2 is 1.68 bits per heavy atom. The van der Waals surface area contributed by atoms with E-state index in [0.29, 0.717) is 22.7 Å². The van der Waals surface area contributed by atoms with E-state index in [1.54, 1.807) is 35.2 Å². The lowest BCUT2D eigenvalue weighted by Gasteiger charge is -2.31. The molecule has 0 aliphatic heterocycles. The predicted molar refractivity (Wildman–Crippen MR) is 95.9 cm³/mol. The maximum Gasteiger partial charge on any atom is 0.410 e. The summed E-state index contributed by atoms with van der Waals surface area (Å²) < 4.78 is 9.81. The van der Waals surface area contributed by atoms with Crippen molar-refractivity contribution in [3.8, 4) is 0 Å². The molecule has 0 N–H and O–H groups in total. The lowest BCUT2D eigenvalue weighted by Crippen LogP contribution is -2.36. The van der Waals surface area contributed by atoms with Gasteiger partial charge in [-0.15, -0.1) is 0 Å². The van der Waals surface area contributed by atoms with Crippen LogP contribution in [0.3, 0.4) is 0 Å². The molecule has 132 valence electrons. The Morgan fingerprint density at radius 1 is 1.04 bits per heavy atom. The van der Waals surface area contributed by atoms with Crippen LogP contribution in [-0.4, -0.2) is 37.7 Å². The Hall–Kier alpha value is -2.53. The van der Waals surface area contributed by atoms with Crippen LogP contribution in [0.1, 0.15) is 34.5 Å². The van der Waals surface area contributed by atoms with E-state index in [9.17, 15) is 9.59 Å². The van der Waals surface area contributed by atoms with Crippen molar-refractivity contribution in [2.24, 2.45) is 0 Å². The third-order valence-corrected chi connectivity index (χ3v) is 4.16. The smallest absolute Gasteiger partial charge is 0.410 e. The fourth-order valence-corrected chi connectivity index (χ4v) is 2.86. The number of benzene rings is 2. The molecule has 25 heavy (non-hydrogen) atoms. The second-order valence-electron chi connectivity index (χ2n) is 5.29. The van der Waals surface area contributed by atoms with Crippen LogP contribution in [0.25, 0.3) is 0 Å². The van der Waals surface area contributed by atoms with E-state index in [1.807, 2.05) is 25.1 Å². The van der Waals surface area contributed by atoms with Crippen LogP contribution in [0, 0.1) is 0 Å². The largest absolute Gasteiger partial charge is 0.465 e. The van der Waals surface area contributed by atoms with Crippen molar-refractivity contribution in [1.29, 1.82) is 0 Å². The fraction of sp³-hybridized carbons (Fsp3) is 0.263. The highest BCUT2D eigenvalue weighted by Gasteiger charge is 2.29. The molecule has 0 aliphatic carbocycles. The summed E-state index contributed by atoms with van der Waals surface area (Å²) in [6.45, 7) is 2.25. The minimum Gasteiger partial charge on any atom is -0.465 e. The first-order valence-corrected chi connectivity index (χ1v) is 8.18. The van der Waals surface area contributed by atoms with Crippen LogP contribution in [-0.2, 0) is 9.47 Å². The summed E-state index contributed by atoms with van der Waals surface area (Å²) >= 11 is 5.99. The van der Waals surface area contributed by atoms with Gasteiger partial charge in [0.2, 0.25) is 0 Å². The van der Waals surface area contributed by atoms with Crippen molar-refractivity contribution in [2.75, 3.05) is 20.8 Å². The third kappa shape index (κ3) is 4.12. The first kappa shape index (κ1) is 18.8. The van der Waals surface area contributed by atoms with Gasteiger partial charge >= 0.3 is 12.1 Å². The highest BCUT2D eigenvalue weighted by molar-refractivity contribution is 6.30. The molecule has 1 unspecified atom stereocenters. The number of hydrogen-bond donors (Lipinski definition) is 0. The molecule has 2 rings (SSSR count). The first-order chi connectivity index (χ1) is 12.0. The molecule has 0 fully saturated rings. The minimum atomic E-state index is -0.509. The quantitative estimate of drug-likeness (QED) is 0.745. The highest BCUT2D eigenvalue weighted by Crippen LogP contribution is 2.32. The molecule has 0 aromatic heterocycles. The van der Waals surface area contributed by atoms with E-state index in [2.05, 4.69) is 0 Å². The maximum absolute atomic E-state index is 12.3. The van der Waals surface area contributed by atoms with E-state index < -0.39 is 18.1 Å². The molecule has 0 saturated carbocycles. The monoisotopic (exact) mass is 361 g/mol. The Balaban J connectivity index is 2.65. The molecule has 0 aliphatic rings. The average Bonchev–Trinajstić information content (AvgIpc) is 2.65.